The molecule has 34 heavy (non-hydrogen) atoms. The fourth-order valence-corrected chi connectivity index (χ4v) is 4.47. The van der Waals surface area contributed by atoms with Gasteiger partial charge in [0.05, 0.1) is 22.9 Å². The Kier molecular flexibility index (Phi) is 5.74. The molecular weight excluding hydrogens is 435 g/mol. The van der Waals surface area contributed by atoms with Crippen LogP contribution < -0.4 is 4.74 Å². The molecule has 1 saturated carbocycles. The monoisotopic (exact) mass is 460 g/mol. The number of nitrogens with zero attached hydrogens (tertiary/aromatic N) is 6. The molecule has 0 aliphatic heterocycles. The fraction of sp³-hybridized carbons (Fsp3) is 0.400. The summed E-state index contributed by atoms with van der Waals surface area (Å²) in [5.41, 5.74) is 2.36. The molecule has 8 nitrogen and oxygen atoms in total. The van der Waals surface area contributed by atoms with E-state index in [-0.39, 0.29) is 23.5 Å². The largest absolute Gasteiger partial charge is 0.474 e. The Labute approximate surface area is 196 Å². The van der Waals surface area contributed by atoms with Crippen LogP contribution in [0.5, 0.6) is 5.88 Å². The molecule has 0 radical (unpaired) electrons. The zero-order chi connectivity index (χ0) is 23.8. The third kappa shape index (κ3) is 4.00. The standard InChI is InChI=1S/C25H25FN6O2/c1-14(2)23-29-25(34-31-23)17-5-7-18(8-6-17)33-21-10-11-28-24-22(15(3)30-32(21)24)19-9-4-16(13-27)12-20(19)26/h4,9-12,14,17-18H,5-8H2,1-3H3. The Morgan fingerprint density at radius 3 is 2.68 bits per heavy atom. The van der Waals surface area contributed by atoms with Crippen LogP contribution in [0.4, 0.5) is 4.39 Å². The molecule has 0 amide bonds. The molecule has 1 fully saturated rings. The van der Waals surface area contributed by atoms with Crippen LogP contribution in [-0.4, -0.2) is 30.8 Å². The van der Waals surface area contributed by atoms with Crippen LogP contribution in [-0.2, 0) is 0 Å². The van der Waals surface area contributed by atoms with Gasteiger partial charge >= 0.3 is 0 Å². The zero-order valence-electron chi connectivity index (χ0n) is 19.3. The Morgan fingerprint density at radius 2 is 2.00 bits per heavy atom. The van der Waals surface area contributed by atoms with Crippen molar-refractivity contribution in [1.29, 1.82) is 5.26 Å². The highest BCUT2D eigenvalue weighted by Gasteiger charge is 2.29. The summed E-state index contributed by atoms with van der Waals surface area (Å²) in [4.78, 5) is 9.00. The lowest BCUT2D eigenvalue weighted by Crippen LogP contribution is -2.24. The Bertz CT molecular complexity index is 1380. The zero-order valence-corrected chi connectivity index (χ0v) is 19.3. The molecule has 9 heteroatoms. The second-order valence-corrected chi connectivity index (χ2v) is 9.02. The Hall–Kier alpha value is -3.80. The lowest BCUT2D eigenvalue weighted by molar-refractivity contribution is 0.130. The first kappa shape index (κ1) is 22.0. The molecule has 5 rings (SSSR count). The number of hydrogen-bond acceptors (Lipinski definition) is 7. The van der Waals surface area contributed by atoms with Crippen LogP contribution in [0.3, 0.4) is 0 Å². The molecule has 0 spiro atoms. The number of aryl methyl sites for hydroxylation is 1. The third-order valence-electron chi connectivity index (χ3n) is 6.31. The molecule has 0 N–H and O–H groups in total. The fourth-order valence-electron chi connectivity index (χ4n) is 4.47. The predicted octanol–water partition coefficient (Wildman–Crippen LogP) is 5.33. The van der Waals surface area contributed by atoms with Crippen LogP contribution in [0.1, 0.15) is 74.3 Å². The van der Waals surface area contributed by atoms with E-state index in [2.05, 4.69) is 20.2 Å². The second-order valence-electron chi connectivity index (χ2n) is 9.02. The molecule has 0 unspecified atom stereocenters. The quantitative estimate of drug-likeness (QED) is 0.397. The van der Waals surface area contributed by atoms with E-state index < -0.39 is 5.82 Å². The van der Waals surface area contributed by atoms with E-state index >= 15 is 0 Å². The maximum Gasteiger partial charge on any atom is 0.229 e. The molecular formula is C25H25FN6O2. The first-order valence-corrected chi connectivity index (χ1v) is 11.5. The molecule has 0 saturated heterocycles. The number of nitriles is 1. The van der Waals surface area contributed by atoms with E-state index in [1.807, 2.05) is 26.8 Å². The smallest absolute Gasteiger partial charge is 0.229 e. The second kappa shape index (κ2) is 8.86. The van der Waals surface area contributed by atoms with Gasteiger partial charge in [-0.1, -0.05) is 19.0 Å². The van der Waals surface area contributed by atoms with Crippen LogP contribution in [0.2, 0.25) is 0 Å². The molecule has 3 aromatic heterocycles. The van der Waals surface area contributed by atoms with E-state index in [4.69, 9.17) is 14.5 Å². The van der Waals surface area contributed by atoms with Gasteiger partial charge in [0.2, 0.25) is 11.8 Å². The van der Waals surface area contributed by atoms with Crippen molar-refractivity contribution in [2.75, 3.05) is 0 Å². The summed E-state index contributed by atoms with van der Waals surface area (Å²) in [5, 5.41) is 17.7. The Morgan fingerprint density at radius 1 is 1.21 bits per heavy atom. The van der Waals surface area contributed by atoms with Gasteiger partial charge in [0.15, 0.2) is 11.5 Å². The lowest BCUT2D eigenvalue weighted by atomic mass is 9.87. The number of halogens is 1. The van der Waals surface area contributed by atoms with Crippen molar-refractivity contribution in [1.82, 2.24) is 24.7 Å². The third-order valence-corrected chi connectivity index (χ3v) is 6.31. The van der Waals surface area contributed by atoms with Crippen molar-refractivity contribution in [3.8, 4) is 23.1 Å². The van der Waals surface area contributed by atoms with Gasteiger partial charge < -0.3 is 9.26 Å². The molecule has 174 valence electrons. The molecule has 1 aliphatic carbocycles. The highest BCUT2D eigenvalue weighted by atomic mass is 19.1. The van der Waals surface area contributed by atoms with Gasteiger partial charge in [-0.25, -0.2) is 9.37 Å². The van der Waals surface area contributed by atoms with Crippen molar-refractivity contribution in [3.63, 3.8) is 0 Å². The van der Waals surface area contributed by atoms with E-state index in [9.17, 15) is 4.39 Å². The molecule has 0 atom stereocenters. The minimum Gasteiger partial charge on any atom is -0.474 e. The van der Waals surface area contributed by atoms with Crippen molar-refractivity contribution >= 4 is 5.65 Å². The lowest BCUT2D eigenvalue weighted by Gasteiger charge is -2.27. The number of hydrogen-bond donors (Lipinski definition) is 0. The SMILES string of the molecule is Cc1nn2c(OC3CCC(c4nc(C(C)C)no4)CC3)ccnc2c1-c1ccc(C#N)cc1F. The molecule has 1 aromatic carbocycles. The molecule has 3 heterocycles. The summed E-state index contributed by atoms with van der Waals surface area (Å²) in [7, 11) is 0. The first-order chi connectivity index (χ1) is 16.4. The average Bonchev–Trinajstić information content (AvgIpc) is 3.45. The van der Waals surface area contributed by atoms with Gasteiger partial charge in [-0.15, -0.1) is 0 Å². The van der Waals surface area contributed by atoms with Gasteiger partial charge in [-0.3, -0.25) is 0 Å². The van der Waals surface area contributed by atoms with E-state index in [1.54, 1.807) is 28.9 Å². The summed E-state index contributed by atoms with van der Waals surface area (Å²) >= 11 is 0. The van der Waals surface area contributed by atoms with Gasteiger partial charge in [-0.2, -0.15) is 19.9 Å². The van der Waals surface area contributed by atoms with Crippen molar-refractivity contribution < 1.29 is 13.7 Å². The summed E-state index contributed by atoms with van der Waals surface area (Å²) in [6.07, 6.45) is 5.18. The van der Waals surface area contributed by atoms with Gasteiger partial charge in [-0.05, 0) is 50.8 Å². The minimum absolute atomic E-state index is 0.0222. The van der Waals surface area contributed by atoms with Crippen molar-refractivity contribution in [2.45, 2.75) is 64.4 Å². The summed E-state index contributed by atoms with van der Waals surface area (Å²) in [6, 6.07) is 8.14. The first-order valence-electron chi connectivity index (χ1n) is 11.5. The van der Waals surface area contributed by atoms with Crippen LogP contribution in [0.15, 0.2) is 35.0 Å². The number of benzene rings is 1. The average molecular weight is 461 g/mol. The minimum atomic E-state index is -0.481. The van der Waals surface area contributed by atoms with Gasteiger partial charge in [0.25, 0.3) is 0 Å². The normalized spacial score (nSPS) is 18.4. The highest BCUT2D eigenvalue weighted by molar-refractivity contribution is 5.80. The van der Waals surface area contributed by atoms with Crippen LogP contribution in [0, 0.1) is 24.1 Å². The van der Waals surface area contributed by atoms with Crippen molar-refractivity contribution in [2.24, 2.45) is 0 Å². The highest BCUT2D eigenvalue weighted by Crippen LogP contribution is 2.35. The number of rotatable bonds is 5. The predicted molar refractivity (Wildman–Crippen MR) is 122 cm³/mol. The van der Waals surface area contributed by atoms with E-state index in [0.29, 0.717) is 34.2 Å². The van der Waals surface area contributed by atoms with E-state index in [0.717, 1.165) is 31.5 Å². The summed E-state index contributed by atoms with van der Waals surface area (Å²) in [5.74, 6) is 2.03. The number of aromatic nitrogens is 5. The maximum absolute atomic E-state index is 14.7. The summed E-state index contributed by atoms with van der Waals surface area (Å²) < 4.78 is 28.2. The number of fused-ring (bicyclic) bond motifs is 1. The maximum atomic E-state index is 14.7. The van der Waals surface area contributed by atoms with Crippen LogP contribution in [0.25, 0.3) is 16.8 Å². The molecule has 4 aromatic rings. The van der Waals surface area contributed by atoms with Crippen LogP contribution >= 0.6 is 0 Å². The van der Waals surface area contributed by atoms with Crippen molar-refractivity contribution in [3.05, 3.63) is 59.3 Å². The summed E-state index contributed by atoms with van der Waals surface area (Å²) in [6.45, 7) is 5.91. The molecule has 1 aliphatic rings. The molecule has 0 bridgehead atoms. The van der Waals surface area contributed by atoms with Gasteiger partial charge in [0.1, 0.15) is 11.9 Å². The number of ether oxygens (including phenoxy) is 1. The topological polar surface area (TPSA) is 102 Å². The van der Waals surface area contributed by atoms with E-state index in [1.165, 1.54) is 6.07 Å². The Balaban J connectivity index is 1.35. The van der Waals surface area contributed by atoms with Gasteiger partial charge in [0, 0.05) is 29.7 Å².